The van der Waals surface area contributed by atoms with Crippen LogP contribution in [0, 0.1) is 0 Å². The summed E-state index contributed by atoms with van der Waals surface area (Å²) in [5.41, 5.74) is -1.04. The van der Waals surface area contributed by atoms with Crippen molar-refractivity contribution in [3.63, 3.8) is 0 Å². The second-order valence-electron chi connectivity index (χ2n) is 16.1. The van der Waals surface area contributed by atoms with Gasteiger partial charge >= 0.3 is 406 Å². The third kappa shape index (κ3) is 11.6. The summed E-state index contributed by atoms with van der Waals surface area (Å²) in [6.45, 7) is 0.559. The standard InChI is InChI=1S/C11H15O2.3C8H4F13.Sn/c1-3-12-11(13-4-2)10-8-6-5-7-9-10;3*1-2-3(9,10)4(11,12)5(13,14)6(15,16)7(17,18)8(19,20)21;/h5-6,8-9,11H,3-4H2,1-2H3;3*1-2H2;. The average molecular weight is 1340 g/mol. The van der Waals surface area contributed by atoms with E-state index in [9.17, 15) is 145 Å². The molecule has 1 aromatic rings. The van der Waals surface area contributed by atoms with Gasteiger partial charge in [0, 0.05) is 0 Å². The molecule has 0 atom stereocenters. The van der Waals surface area contributed by atoms with E-state index >= 15 is 26.3 Å². The van der Waals surface area contributed by atoms with Crippen molar-refractivity contribution < 1.29 is 181 Å². The second kappa shape index (κ2) is 21.2. The van der Waals surface area contributed by atoms with Gasteiger partial charge in [-0.25, -0.2) is 0 Å². The van der Waals surface area contributed by atoms with Crippen LogP contribution >= 0.6 is 0 Å². The minimum absolute atomic E-state index is 0.138. The molecular weight excluding hydrogens is 1310 g/mol. The Balaban J connectivity index is 4.72. The molecule has 0 aliphatic heterocycles. The molecule has 1 aromatic carbocycles. The van der Waals surface area contributed by atoms with Gasteiger partial charge in [-0.15, -0.1) is 0 Å². The molecule has 0 amide bonds. The molecule has 42 heteroatoms. The fourth-order valence-electron chi connectivity index (χ4n) is 6.43. The molecule has 1 rings (SSSR count). The summed E-state index contributed by atoms with van der Waals surface area (Å²) in [4.78, 5) is 0. The Kier molecular flexibility index (Phi) is 19.9. The van der Waals surface area contributed by atoms with Crippen LogP contribution in [0.3, 0.4) is 0 Å². The Morgan fingerprint density at radius 2 is 0.545 bits per heavy atom. The van der Waals surface area contributed by atoms with Gasteiger partial charge in [-0.2, -0.15) is 0 Å². The van der Waals surface area contributed by atoms with Gasteiger partial charge in [0.05, 0.1) is 0 Å². The van der Waals surface area contributed by atoms with Gasteiger partial charge in [-0.1, -0.05) is 0 Å². The SMILES string of the molecule is CCOC(OCC)c1ccc[c]([Sn]([CH2]CC(F)(F)C(F)(F)C(F)(F)C(F)(F)C(F)(F)C(F)(F)F)([CH2]CC(F)(F)C(F)(F)C(F)(F)C(F)(F)C(F)(F)C(F)(F)F)[CH2]CC(F)(F)C(F)(F)C(F)(F)C(F)(F)C(F)(F)C(F)(F)F)c1. The van der Waals surface area contributed by atoms with E-state index in [1.165, 1.54) is 0 Å². The summed E-state index contributed by atoms with van der Waals surface area (Å²) in [5, 5.41) is 0. The predicted molar refractivity (Wildman–Crippen MR) is 178 cm³/mol. The molecule has 0 spiro atoms. The Hall–Kier alpha value is -2.79. The van der Waals surface area contributed by atoms with Gasteiger partial charge in [0.1, 0.15) is 0 Å². The molecule has 0 aliphatic rings. The summed E-state index contributed by atoms with van der Waals surface area (Å²) in [5.74, 6) is -128. The van der Waals surface area contributed by atoms with Crippen LogP contribution < -0.4 is 3.58 Å². The molecule has 77 heavy (non-hydrogen) atoms. The Morgan fingerprint density at radius 1 is 0.325 bits per heavy atom. The van der Waals surface area contributed by atoms with Crippen LogP contribution in [0.1, 0.15) is 45.0 Å². The summed E-state index contributed by atoms with van der Waals surface area (Å²) in [7, 11) is 0. The van der Waals surface area contributed by atoms with Crippen LogP contribution in [0.25, 0.3) is 0 Å². The van der Waals surface area contributed by atoms with E-state index in [4.69, 9.17) is 9.47 Å². The molecular formula is C35H27F39O2Sn. The second-order valence-corrected chi connectivity index (χ2v) is 29.4. The Bertz CT molecular complexity index is 1940. The molecule has 0 unspecified atom stereocenters. The Labute approximate surface area is 405 Å². The molecule has 0 aliphatic carbocycles. The first-order valence-electron chi connectivity index (χ1n) is 19.6. The quantitative estimate of drug-likeness (QED) is 0.0497. The molecule has 0 fully saturated rings. The van der Waals surface area contributed by atoms with Gasteiger partial charge < -0.3 is 0 Å². The van der Waals surface area contributed by atoms with Gasteiger partial charge in [0.15, 0.2) is 0 Å². The van der Waals surface area contributed by atoms with Crippen LogP contribution in [0.15, 0.2) is 24.3 Å². The van der Waals surface area contributed by atoms with Crippen LogP contribution in [-0.2, 0) is 9.47 Å². The van der Waals surface area contributed by atoms with Crippen molar-refractivity contribution in [2.75, 3.05) is 13.2 Å². The first-order valence-corrected chi connectivity index (χ1v) is 27.0. The molecule has 0 N–H and O–H groups in total. The normalized spacial score (nSPS) is 16.2. The summed E-state index contributed by atoms with van der Waals surface area (Å²) in [6, 6.07) is 0.314. The molecule has 0 saturated heterocycles. The van der Waals surface area contributed by atoms with E-state index in [0.29, 0.717) is 6.07 Å². The molecule has 0 bridgehead atoms. The van der Waals surface area contributed by atoms with Crippen molar-refractivity contribution >= 4 is 22.0 Å². The molecule has 0 heterocycles. The zero-order valence-electron chi connectivity index (χ0n) is 36.6. The van der Waals surface area contributed by atoms with Crippen molar-refractivity contribution in [1.29, 1.82) is 0 Å². The van der Waals surface area contributed by atoms with Gasteiger partial charge in [-0.05, 0) is 0 Å². The van der Waals surface area contributed by atoms with Crippen LogP contribution in [0.4, 0.5) is 171 Å². The first-order chi connectivity index (χ1) is 33.4. The van der Waals surface area contributed by atoms with Crippen molar-refractivity contribution in [2.45, 2.75) is 160 Å². The topological polar surface area (TPSA) is 18.5 Å². The van der Waals surface area contributed by atoms with Crippen molar-refractivity contribution in [2.24, 2.45) is 0 Å². The molecule has 2 nitrogen and oxygen atoms in total. The van der Waals surface area contributed by atoms with E-state index in [2.05, 4.69) is 0 Å². The molecule has 0 saturated carbocycles. The first kappa shape index (κ1) is 72.2. The summed E-state index contributed by atoms with van der Waals surface area (Å²) >= 11 is -8.41. The Morgan fingerprint density at radius 3 is 0.753 bits per heavy atom. The third-order valence-corrected chi connectivity index (χ3v) is 25.9. The van der Waals surface area contributed by atoms with E-state index in [0.717, 1.165) is 13.8 Å². The van der Waals surface area contributed by atoms with E-state index < -0.39 is 187 Å². The monoisotopic (exact) mass is 1340 g/mol. The number of alkyl halides is 39. The fraction of sp³-hybridized carbons (Fsp3) is 0.829. The maximum atomic E-state index is 15.4. The van der Waals surface area contributed by atoms with Crippen LogP contribution in [0.2, 0.25) is 13.3 Å². The maximum absolute atomic E-state index is 15.4. The van der Waals surface area contributed by atoms with Gasteiger partial charge in [-0.3, -0.25) is 0 Å². The van der Waals surface area contributed by atoms with Crippen molar-refractivity contribution in [1.82, 2.24) is 0 Å². The van der Waals surface area contributed by atoms with Gasteiger partial charge in [0.25, 0.3) is 0 Å². The number of halogens is 39. The number of rotatable bonds is 27. The number of benzene rings is 1. The third-order valence-electron chi connectivity index (χ3n) is 11.2. The average Bonchev–Trinajstić information content (AvgIpc) is 3.24. The summed E-state index contributed by atoms with van der Waals surface area (Å²) < 4.78 is 546. The number of hydrogen-bond acceptors (Lipinski definition) is 2. The predicted octanol–water partition coefficient (Wildman–Crippen LogP) is 16.8. The molecule has 0 aromatic heterocycles. The van der Waals surface area contributed by atoms with Crippen molar-refractivity contribution in [3.05, 3.63) is 29.8 Å². The van der Waals surface area contributed by atoms with E-state index in [1.807, 2.05) is 0 Å². The number of hydrogen-bond donors (Lipinski definition) is 0. The number of ether oxygens (including phenoxy) is 2. The molecule has 0 radical (unpaired) electrons. The zero-order chi connectivity index (χ0) is 62.1. The van der Waals surface area contributed by atoms with E-state index in [-0.39, 0.29) is 18.2 Å². The van der Waals surface area contributed by atoms with E-state index in [1.54, 1.807) is 0 Å². The van der Waals surface area contributed by atoms with Crippen LogP contribution in [0.5, 0.6) is 0 Å². The van der Waals surface area contributed by atoms with Crippen molar-refractivity contribution in [3.8, 4) is 0 Å². The fourth-order valence-corrected chi connectivity index (χ4v) is 20.5. The van der Waals surface area contributed by atoms with Crippen LogP contribution in [-0.4, -0.2) is 139 Å². The summed E-state index contributed by atoms with van der Waals surface area (Å²) in [6.07, 6.45) is -38.9. The zero-order valence-corrected chi connectivity index (χ0v) is 39.5. The minimum atomic E-state index is -8.91. The molecule has 456 valence electrons. The van der Waals surface area contributed by atoms with Gasteiger partial charge in [0.2, 0.25) is 0 Å².